The van der Waals surface area contributed by atoms with Gasteiger partial charge in [-0.3, -0.25) is 10.1 Å². The maximum atomic E-state index is 11.9. The van der Waals surface area contributed by atoms with Crippen molar-refractivity contribution in [2.45, 2.75) is 6.92 Å². The number of rotatable bonds is 2. The zero-order valence-electron chi connectivity index (χ0n) is 9.01. The molecule has 0 bridgehead atoms. The molecule has 0 aliphatic heterocycles. The van der Waals surface area contributed by atoms with Gasteiger partial charge in [-0.25, -0.2) is 4.98 Å². The van der Waals surface area contributed by atoms with Crippen molar-refractivity contribution in [1.82, 2.24) is 15.2 Å². The zero-order valence-corrected chi connectivity index (χ0v) is 10.6. The molecule has 0 spiro atoms. The van der Waals surface area contributed by atoms with Gasteiger partial charge in [-0.05, 0) is 24.6 Å². The Morgan fingerprint density at radius 2 is 2.18 bits per heavy atom. The summed E-state index contributed by atoms with van der Waals surface area (Å²) in [5.41, 5.74) is 1.46. The van der Waals surface area contributed by atoms with E-state index in [-0.39, 0.29) is 11.9 Å². The Balaban J connectivity index is 2.23. The number of nitrogens with zero attached hydrogens (tertiary/aromatic N) is 3. The van der Waals surface area contributed by atoms with E-state index in [0.717, 1.165) is 10.0 Å². The molecule has 0 unspecified atom stereocenters. The predicted octanol–water partition coefficient (Wildman–Crippen LogP) is 2.19. The van der Waals surface area contributed by atoms with E-state index in [4.69, 9.17) is 0 Å². The summed E-state index contributed by atoms with van der Waals surface area (Å²) in [4.78, 5) is 15.8. The standard InChI is InChI=1S/C11H9BrN4O/c1-7-2-3-8(12)6-9(7)10(17)15-11-13-4-5-14-16-11/h2-6H,1H3,(H,13,15,16,17). The first-order chi connectivity index (χ1) is 8.16. The minimum Gasteiger partial charge on any atom is -0.289 e. The van der Waals surface area contributed by atoms with E-state index in [1.54, 1.807) is 6.07 Å². The number of aryl methyl sites for hydroxylation is 1. The largest absolute Gasteiger partial charge is 0.289 e. The van der Waals surface area contributed by atoms with Crippen LogP contribution in [-0.2, 0) is 0 Å². The van der Waals surface area contributed by atoms with Crippen molar-refractivity contribution in [2.24, 2.45) is 0 Å². The van der Waals surface area contributed by atoms with Crippen molar-refractivity contribution < 1.29 is 4.79 Å². The van der Waals surface area contributed by atoms with E-state index < -0.39 is 0 Å². The van der Waals surface area contributed by atoms with E-state index in [1.165, 1.54) is 12.4 Å². The summed E-state index contributed by atoms with van der Waals surface area (Å²) < 4.78 is 0.848. The first kappa shape index (κ1) is 11.7. The number of carbonyl (C=O) groups excluding carboxylic acids is 1. The van der Waals surface area contributed by atoms with Crippen LogP contribution in [0.4, 0.5) is 5.95 Å². The summed E-state index contributed by atoms with van der Waals surface area (Å²) in [7, 11) is 0. The van der Waals surface area contributed by atoms with Crippen molar-refractivity contribution in [3.8, 4) is 0 Å². The molecule has 0 atom stereocenters. The molecule has 0 fully saturated rings. The topological polar surface area (TPSA) is 67.8 Å². The van der Waals surface area contributed by atoms with Gasteiger partial charge in [0.2, 0.25) is 5.95 Å². The molecule has 1 heterocycles. The molecule has 86 valence electrons. The molecule has 1 N–H and O–H groups in total. The van der Waals surface area contributed by atoms with Crippen LogP contribution in [0.3, 0.4) is 0 Å². The SMILES string of the molecule is Cc1ccc(Br)cc1C(=O)Nc1nccnn1. The van der Waals surface area contributed by atoms with E-state index >= 15 is 0 Å². The smallest absolute Gasteiger partial charge is 0.258 e. The van der Waals surface area contributed by atoms with Gasteiger partial charge >= 0.3 is 0 Å². The molecule has 0 radical (unpaired) electrons. The summed E-state index contributed by atoms with van der Waals surface area (Å²) in [6, 6.07) is 5.50. The minimum absolute atomic E-state index is 0.192. The van der Waals surface area contributed by atoms with E-state index in [1.807, 2.05) is 19.1 Å². The number of hydrogen-bond acceptors (Lipinski definition) is 4. The lowest BCUT2D eigenvalue weighted by Crippen LogP contribution is -2.15. The normalized spacial score (nSPS) is 10.0. The first-order valence-corrected chi connectivity index (χ1v) is 5.67. The van der Waals surface area contributed by atoms with Gasteiger partial charge in [0.15, 0.2) is 0 Å². The van der Waals surface area contributed by atoms with Crippen LogP contribution < -0.4 is 5.32 Å². The Kier molecular flexibility index (Phi) is 3.43. The van der Waals surface area contributed by atoms with Gasteiger partial charge in [0.25, 0.3) is 5.91 Å². The van der Waals surface area contributed by atoms with Gasteiger partial charge in [0.05, 0.1) is 12.4 Å². The summed E-state index contributed by atoms with van der Waals surface area (Å²) in [5, 5.41) is 9.91. The fourth-order valence-electron chi connectivity index (χ4n) is 1.31. The Hall–Kier alpha value is -1.82. The number of nitrogens with one attached hydrogen (secondary N) is 1. The third-order valence-electron chi connectivity index (χ3n) is 2.15. The van der Waals surface area contributed by atoms with Crippen molar-refractivity contribution >= 4 is 27.8 Å². The van der Waals surface area contributed by atoms with Crippen LogP contribution in [0.1, 0.15) is 15.9 Å². The first-order valence-electron chi connectivity index (χ1n) is 4.88. The van der Waals surface area contributed by atoms with Crippen LogP contribution in [0, 0.1) is 6.92 Å². The monoisotopic (exact) mass is 292 g/mol. The third-order valence-corrected chi connectivity index (χ3v) is 2.65. The van der Waals surface area contributed by atoms with Crippen molar-refractivity contribution in [2.75, 3.05) is 5.32 Å². The van der Waals surface area contributed by atoms with Crippen LogP contribution in [0.15, 0.2) is 35.1 Å². The van der Waals surface area contributed by atoms with E-state index in [9.17, 15) is 4.79 Å². The molecular weight excluding hydrogens is 284 g/mol. The molecule has 0 aliphatic carbocycles. The number of anilines is 1. The second-order valence-corrected chi connectivity index (χ2v) is 4.30. The van der Waals surface area contributed by atoms with Gasteiger partial charge in [-0.2, -0.15) is 5.10 Å². The van der Waals surface area contributed by atoms with Crippen molar-refractivity contribution in [1.29, 1.82) is 0 Å². The lowest BCUT2D eigenvalue weighted by atomic mass is 10.1. The average Bonchev–Trinajstić information content (AvgIpc) is 2.33. The summed E-state index contributed by atoms with van der Waals surface area (Å²) in [5.74, 6) is -0.0614. The van der Waals surface area contributed by atoms with Crippen LogP contribution in [-0.4, -0.2) is 21.1 Å². The Morgan fingerprint density at radius 1 is 1.35 bits per heavy atom. The lowest BCUT2D eigenvalue weighted by Gasteiger charge is -2.06. The highest BCUT2D eigenvalue weighted by atomic mass is 79.9. The minimum atomic E-state index is -0.253. The van der Waals surface area contributed by atoms with Crippen LogP contribution in [0.2, 0.25) is 0 Å². The molecule has 6 heteroatoms. The molecule has 17 heavy (non-hydrogen) atoms. The van der Waals surface area contributed by atoms with Crippen LogP contribution >= 0.6 is 15.9 Å². The van der Waals surface area contributed by atoms with E-state index in [0.29, 0.717) is 5.56 Å². The number of carbonyl (C=O) groups is 1. The van der Waals surface area contributed by atoms with Gasteiger partial charge in [0.1, 0.15) is 0 Å². The number of amides is 1. The molecule has 2 aromatic rings. The van der Waals surface area contributed by atoms with Gasteiger partial charge in [-0.1, -0.05) is 22.0 Å². The number of benzene rings is 1. The van der Waals surface area contributed by atoms with Gasteiger partial charge in [0, 0.05) is 10.0 Å². The molecule has 1 amide bonds. The Bertz CT molecular complexity index is 544. The molecule has 0 saturated carbocycles. The second-order valence-electron chi connectivity index (χ2n) is 3.38. The Labute approximate surface area is 106 Å². The number of hydrogen-bond donors (Lipinski definition) is 1. The summed E-state index contributed by atoms with van der Waals surface area (Å²) in [6.07, 6.45) is 2.91. The predicted molar refractivity (Wildman–Crippen MR) is 66.7 cm³/mol. The highest BCUT2D eigenvalue weighted by Gasteiger charge is 2.10. The van der Waals surface area contributed by atoms with E-state index in [2.05, 4.69) is 36.4 Å². The highest BCUT2D eigenvalue weighted by Crippen LogP contribution is 2.16. The van der Waals surface area contributed by atoms with Gasteiger partial charge in [-0.15, -0.1) is 5.10 Å². The Morgan fingerprint density at radius 3 is 2.88 bits per heavy atom. The fraction of sp³-hybridized carbons (Fsp3) is 0.0909. The zero-order chi connectivity index (χ0) is 12.3. The van der Waals surface area contributed by atoms with Crippen molar-refractivity contribution in [3.05, 3.63) is 46.2 Å². The molecule has 1 aromatic carbocycles. The van der Waals surface area contributed by atoms with Crippen LogP contribution in [0.25, 0.3) is 0 Å². The second kappa shape index (κ2) is 5.01. The molecule has 2 rings (SSSR count). The summed E-state index contributed by atoms with van der Waals surface area (Å²) in [6.45, 7) is 1.87. The quantitative estimate of drug-likeness (QED) is 0.921. The molecule has 0 aliphatic rings. The molecular formula is C11H9BrN4O. The van der Waals surface area contributed by atoms with Crippen LogP contribution in [0.5, 0.6) is 0 Å². The van der Waals surface area contributed by atoms with Crippen molar-refractivity contribution in [3.63, 3.8) is 0 Å². The number of halogens is 1. The number of aromatic nitrogens is 3. The maximum Gasteiger partial charge on any atom is 0.258 e. The highest BCUT2D eigenvalue weighted by molar-refractivity contribution is 9.10. The third kappa shape index (κ3) is 2.85. The maximum absolute atomic E-state index is 11.9. The summed E-state index contributed by atoms with van der Waals surface area (Å²) >= 11 is 3.33. The molecule has 5 nitrogen and oxygen atoms in total. The fourth-order valence-corrected chi connectivity index (χ4v) is 1.67. The molecule has 0 saturated heterocycles. The average molecular weight is 293 g/mol. The lowest BCUT2D eigenvalue weighted by molar-refractivity contribution is 0.102. The van der Waals surface area contributed by atoms with Gasteiger partial charge < -0.3 is 0 Å². The molecule has 1 aromatic heterocycles.